The van der Waals surface area contributed by atoms with E-state index in [1.807, 2.05) is 17.5 Å². The minimum absolute atomic E-state index is 0.217. The fraction of sp³-hybridized carbons (Fsp3) is 0.188. The van der Waals surface area contributed by atoms with Crippen LogP contribution in [0.2, 0.25) is 0 Å². The standard InChI is InChI=1S/C16H14FNO2S/c1-10-18-14(9-12-4-3-7-21-12)16(20-10)11-5-6-15(19-2)13(17)8-11/h3-8H,9H2,1-2H3. The van der Waals surface area contributed by atoms with Crippen molar-refractivity contribution in [3.05, 3.63) is 58.0 Å². The van der Waals surface area contributed by atoms with Gasteiger partial charge in [0.2, 0.25) is 0 Å². The van der Waals surface area contributed by atoms with Crippen LogP contribution in [0.15, 0.2) is 40.1 Å². The van der Waals surface area contributed by atoms with E-state index in [4.69, 9.17) is 9.15 Å². The van der Waals surface area contributed by atoms with Crippen molar-refractivity contribution in [2.45, 2.75) is 13.3 Å². The molecule has 3 aromatic rings. The van der Waals surface area contributed by atoms with Gasteiger partial charge in [0, 0.05) is 23.8 Å². The summed E-state index contributed by atoms with van der Waals surface area (Å²) < 4.78 is 24.5. The maximum absolute atomic E-state index is 13.9. The summed E-state index contributed by atoms with van der Waals surface area (Å²) in [6.45, 7) is 1.79. The smallest absolute Gasteiger partial charge is 0.192 e. The minimum atomic E-state index is -0.411. The number of aryl methyl sites for hydroxylation is 1. The molecule has 1 aromatic carbocycles. The average Bonchev–Trinajstić information content (AvgIpc) is 3.09. The molecule has 2 heterocycles. The number of rotatable bonds is 4. The van der Waals surface area contributed by atoms with Gasteiger partial charge in [-0.25, -0.2) is 9.37 Å². The summed E-state index contributed by atoms with van der Waals surface area (Å²) in [5.41, 5.74) is 1.49. The summed E-state index contributed by atoms with van der Waals surface area (Å²) in [4.78, 5) is 5.61. The second kappa shape index (κ2) is 5.69. The predicted molar refractivity (Wildman–Crippen MR) is 80.3 cm³/mol. The van der Waals surface area contributed by atoms with Gasteiger partial charge in [0.05, 0.1) is 12.8 Å². The van der Waals surface area contributed by atoms with Gasteiger partial charge in [0.15, 0.2) is 23.2 Å². The Morgan fingerprint density at radius 2 is 2.19 bits per heavy atom. The Labute approximate surface area is 126 Å². The summed E-state index contributed by atoms with van der Waals surface area (Å²) in [5.74, 6) is 0.996. The van der Waals surface area contributed by atoms with E-state index < -0.39 is 5.82 Å². The predicted octanol–water partition coefficient (Wildman–Crippen LogP) is 4.45. The molecule has 3 rings (SSSR count). The van der Waals surface area contributed by atoms with E-state index in [0.29, 0.717) is 23.6 Å². The van der Waals surface area contributed by atoms with Crippen molar-refractivity contribution >= 4 is 11.3 Å². The van der Waals surface area contributed by atoms with Gasteiger partial charge in [-0.2, -0.15) is 0 Å². The van der Waals surface area contributed by atoms with Crippen LogP contribution in [0.1, 0.15) is 16.5 Å². The quantitative estimate of drug-likeness (QED) is 0.714. The summed E-state index contributed by atoms with van der Waals surface area (Å²) in [7, 11) is 1.44. The van der Waals surface area contributed by atoms with Crippen LogP contribution in [-0.2, 0) is 6.42 Å². The second-order valence-electron chi connectivity index (χ2n) is 4.61. The highest BCUT2D eigenvalue weighted by molar-refractivity contribution is 7.09. The number of benzene rings is 1. The van der Waals surface area contributed by atoms with Gasteiger partial charge in [0.1, 0.15) is 0 Å². The monoisotopic (exact) mass is 303 g/mol. The first-order valence-corrected chi connectivity index (χ1v) is 7.38. The Morgan fingerprint density at radius 1 is 1.33 bits per heavy atom. The van der Waals surface area contributed by atoms with Crippen molar-refractivity contribution in [2.75, 3.05) is 7.11 Å². The first-order valence-electron chi connectivity index (χ1n) is 6.50. The van der Waals surface area contributed by atoms with Crippen molar-refractivity contribution in [3.63, 3.8) is 0 Å². The molecule has 0 atom stereocenters. The fourth-order valence-corrected chi connectivity index (χ4v) is 2.91. The van der Waals surface area contributed by atoms with Crippen molar-refractivity contribution in [3.8, 4) is 17.1 Å². The largest absolute Gasteiger partial charge is 0.494 e. The number of aromatic nitrogens is 1. The number of hydrogen-bond donors (Lipinski definition) is 0. The number of thiophene rings is 1. The summed E-state index contributed by atoms with van der Waals surface area (Å²) >= 11 is 1.66. The lowest BCUT2D eigenvalue weighted by molar-refractivity contribution is 0.386. The Kier molecular flexibility index (Phi) is 3.75. The average molecular weight is 303 g/mol. The molecule has 0 amide bonds. The molecule has 0 saturated carbocycles. The molecule has 0 aliphatic heterocycles. The molecule has 0 N–H and O–H groups in total. The lowest BCUT2D eigenvalue weighted by atomic mass is 10.1. The Morgan fingerprint density at radius 3 is 2.86 bits per heavy atom. The van der Waals surface area contributed by atoms with Gasteiger partial charge in [-0.1, -0.05) is 6.07 Å². The molecule has 0 spiro atoms. The molecule has 0 fully saturated rings. The van der Waals surface area contributed by atoms with Crippen LogP contribution in [0.25, 0.3) is 11.3 Å². The number of methoxy groups -OCH3 is 1. The van der Waals surface area contributed by atoms with Crippen LogP contribution in [0.5, 0.6) is 5.75 Å². The number of ether oxygens (including phenoxy) is 1. The van der Waals surface area contributed by atoms with E-state index in [-0.39, 0.29) is 5.75 Å². The molecule has 0 radical (unpaired) electrons. The van der Waals surface area contributed by atoms with Crippen molar-refractivity contribution < 1.29 is 13.5 Å². The second-order valence-corrected chi connectivity index (χ2v) is 5.65. The zero-order chi connectivity index (χ0) is 14.8. The molecule has 0 saturated heterocycles. The highest BCUT2D eigenvalue weighted by Gasteiger charge is 2.16. The molecule has 108 valence electrons. The van der Waals surface area contributed by atoms with Crippen molar-refractivity contribution in [1.29, 1.82) is 0 Å². The molecule has 0 aliphatic carbocycles. The Bertz CT molecular complexity index is 750. The molecule has 5 heteroatoms. The first-order chi connectivity index (χ1) is 10.2. The van der Waals surface area contributed by atoms with Gasteiger partial charge in [-0.05, 0) is 29.6 Å². The highest BCUT2D eigenvalue weighted by atomic mass is 32.1. The lowest BCUT2D eigenvalue weighted by Gasteiger charge is -2.04. The summed E-state index contributed by atoms with van der Waals surface area (Å²) in [6.07, 6.45) is 0.679. The normalized spacial score (nSPS) is 10.8. The molecule has 0 bridgehead atoms. The van der Waals surface area contributed by atoms with Crippen LogP contribution in [0.4, 0.5) is 4.39 Å². The van der Waals surface area contributed by atoms with Gasteiger partial charge >= 0.3 is 0 Å². The minimum Gasteiger partial charge on any atom is -0.494 e. The van der Waals surface area contributed by atoms with E-state index in [0.717, 1.165) is 5.69 Å². The Balaban J connectivity index is 2.00. The van der Waals surface area contributed by atoms with Crippen LogP contribution < -0.4 is 4.74 Å². The van der Waals surface area contributed by atoms with E-state index in [1.54, 1.807) is 30.4 Å². The maximum atomic E-state index is 13.9. The van der Waals surface area contributed by atoms with Crippen LogP contribution >= 0.6 is 11.3 Å². The molecule has 3 nitrogen and oxygen atoms in total. The zero-order valence-electron chi connectivity index (χ0n) is 11.7. The van der Waals surface area contributed by atoms with Crippen molar-refractivity contribution in [1.82, 2.24) is 4.98 Å². The lowest BCUT2D eigenvalue weighted by Crippen LogP contribution is -1.91. The zero-order valence-corrected chi connectivity index (χ0v) is 12.5. The maximum Gasteiger partial charge on any atom is 0.192 e. The molecular weight excluding hydrogens is 289 g/mol. The highest BCUT2D eigenvalue weighted by Crippen LogP contribution is 2.30. The van der Waals surface area contributed by atoms with E-state index in [9.17, 15) is 4.39 Å². The third-order valence-electron chi connectivity index (χ3n) is 3.14. The van der Waals surface area contributed by atoms with E-state index in [2.05, 4.69) is 4.98 Å². The number of oxazole rings is 1. The summed E-state index contributed by atoms with van der Waals surface area (Å²) in [6, 6.07) is 8.83. The topological polar surface area (TPSA) is 35.3 Å². The van der Waals surface area contributed by atoms with Crippen LogP contribution in [-0.4, -0.2) is 12.1 Å². The number of nitrogens with zero attached hydrogens (tertiary/aromatic N) is 1. The first kappa shape index (κ1) is 13.8. The van der Waals surface area contributed by atoms with Gasteiger partial charge in [-0.15, -0.1) is 11.3 Å². The number of hydrogen-bond acceptors (Lipinski definition) is 4. The van der Waals surface area contributed by atoms with Crippen molar-refractivity contribution in [2.24, 2.45) is 0 Å². The SMILES string of the molecule is COc1ccc(-c2oc(C)nc2Cc2cccs2)cc1F. The molecule has 21 heavy (non-hydrogen) atoms. The molecule has 2 aromatic heterocycles. The Hall–Kier alpha value is -2.14. The number of halogens is 1. The van der Waals surface area contributed by atoms with E-state index in [1.165, 1.54) is 18.1 Å². The molecular formula is C16H14FNO2S. The van der Waals surface area contributed by atoms with Gasteiger partial charge in [0.25, 0.3) is 0 Å². The third kappa shape index (κ3) is 2.83. The van der Waals surface area contributed by atoms with Gasteiger partial charge < -0.3 is 9.15 Å². The molecule has 0 aliphatic rings. The van der Waals surface area contributed by atoms with Gasteiger partial charge in [-0.3, -0.25) is 0 Å². The fourth-order valence-electron chi connectivity index (χ4n) is 2.20. The third-order valence-corrected chi connectivity index (χ3v) is 4.02. The summed E-state index contributed by atoms with van der Waals surface area (Å²) in [5, 5.41) is 2.02. The van der Waals surface area contributed by atoms with E-state index >= 15 is 0 Å². The van der Waals surface area contributed by atoms with Crippen LogP contribution in [0, 0.1) is 12.7 Å². The molecule has 0 unspecified atom stereocenters. The van der Waals surface area contributed by atoms with Crippen LogP contribution in [0.3, 0.4) is 0 Å².